The molecule has 1 aromatic carbocycles. The number of hydrogen-bond acceptors (Lipinski definition) is 9. The van der Waals surface area contributed by atoms with Crippen LogP contribution in [0.3, 0.4) is 0 Å². The summed E-state index contributed by atoms with van der Waals surface area (Å²) in [6.45, 7) is 24.3. The van der Waals surface area contributed by atoms with Crippen LogP contribution in [-0.4, -0.2) is 90.7 Å². The van der Waals surface area contributed by atoms with Crippen molar-refractivity contribution in [1.29, 1.82) is 0 Å². The van der Waals surface area contributed by atoms with E-state index in [1.54, 1.807) is 6.92 Å². The molecule has 5 amide bonds. The molecule has 4 atom stereocenters. The maximum Gasteiger partial charge on any atom is 0.407 e. The molecule has 2 heterocycles. The van der Waals surface area contributed by atoms with Gasteiger partial charge in [0.05, 0.1) is 13.2 Å². The highest BCUT2D eigenvalue weighted by atomic mass is 16.5. The number of carbonyl (C=O) groups is 6. The Balaban J connectivity index is 0.000000703. The van der Waals surface area contributed by atoms with Gasteiger partial charge in [0.25, 0.3) is 5.91 Å². The monoisotopic (exact) mass is 800 g/mol. The lowest BCUT2D eigenvalue weighted by Gasteiger charge is -2.45. The number of carbonyl (C=O) groups excluding carboxylic acids is 6. The van der Waals surface area contributed by atoms with Crippen LogP contribution in [0.1, 0.15) is 113 Å². The minimum Gasteiger partial charge on any atom is -0.453 e. The molecule has 0 radical (unpaired) electrons. The number of allylic oxidation sites excluding steroid dienone is 1. The molecule has 322 valence electrons. The number of hydrogen-bond donors (Lipinski definition) is 5. The molecule has 8 N–H and O–H groups in total. The largest absolute Gasteiger partial charge is 0.453 e. The highest BCUT2D eigenvalue weighted by Gasteiger charge is 2.47. The van der Waals surface area contributed by atoms with Crippen LogP contribution in [0.2, 0.25) is 0 Å². The van der Waals surface area contributed by atoms with Crippen molar-refractivity contribution in [2.75, 3.05) is 26.7 Å². The molecule has 3 fully saturated rings. The van der Waals surface area contributed by atoms with Crippen LogP contribution < -0.4 is 27.8 Å². The molecule has 2 saturated heterocycles. The number of likely N-dealkylation sites (tertiary alicyclic amines) is 2. The van der Waals surface area contributed by atoms with E-state index in [2.05, 4.69) is 83.1 Å². The first-order valence-corrected chi connectivity index (χ1v) is 20.0. The van der Waals surface area contributed by atoms with E-state index in [1.165, 1.54) is 7.11 Å². The van der Waals surface area contributed by atoms with Crippen molar-refractivity contribution in [2.45, 2.75) is 132 Å². The summed E-state index contributed by atoms with van der Waals surface area (Å²) in [6.07, 6.45) is 5.62. The Bertz CT molecular complexity index is 1480. The van der Waals surface area contributed by atoms with Crippen LogP contribution >= 0.6 is 0 Å². The predicted molar refractivity (Wildman–Crippen MR) is 224 cm³/mol. The van der Waals surface area contributed by atoms with Gasteiger partial charge < -0.3 is 42.4 Å². The number of alkyl carbamates (subject to hydrolysis) is 1. The summed E-state index contributed by atoms with van der Waals surface area (Å²) < 4.78 is 4.42. The van der Waals surface area contributed by atoms with Gasteiger partial charge in [-0.25, -0.2) is 4.79 Å². The van der Waals surface area contributed by atoms with E-state index in [4.69, 9.17) is 16.3 Å². The fourth-order valence-electron chi connectivity index (χ4n) is 6.88. The molecule has 14 nitrogen and oxygen atoms in total. The number of piperidine rings is 1. The number of nitrogens with two attached hydrogens (primary N) is 3. The van der Waals surface area contributed by atoms with Crippen molar-refractivity contribution < 1.29 is 33.5 Å². The Hall–Kier alpha value is -4.46. The molecule has 4 unspecified atom stereocenters. The van der Waals surface area contributed by atoms with Crippen molar-refractivity contribution in [3.63, 3.8) is 0 Å². The van der Waals surface area contributed by atoms with Crippen molar-refractivity contribution in [1.82, 2.24) is 20.4 Å². The van der Waals surface area contributed by atoms with E-state index in [-0.39, 0.29) is 41.1 Å². The second kappa shape index (κ2) is 23.1. The van der Waals surface area contributed by atoms with Gasteiger partial charge in [0, 0.05) is 50.6 Å². The zero-order chi connectivity index (χ0) is 43.7. The average Bonchev–Trinajstić information content (AvgIpc) is 3.80. The van der Waals surface area contributed by atoms with Crippen molar-refractivity contribution >= 4 is 36.0 Å². The Morgan fingerprint density at radius 1 is 1.00 bits per heavy atom. The number of nitrogens with zero attached hydrogens (tertiary/aromatic N) is 2. The molecule has 2 aliphatic heterocycles. The van der Waals surface area contributed by atoms with E-state index >= 15 is 0 Å². The number of rotatable bonds is 12. The van der Waals surface area contributed by atoms with E-state index in [0.717, 1.165) is 37.8 Å². The molecule has 1 aliphatic carbocycles. The van der Waals surface area contributed by atoms with Gasteiger partial charge >= 0.3 is 6.09 Å². The molecule has 1 saturated carbocycles. The molecule has 57 heavy (non-hydrogen) atoms. The van der Waals surface area contributed by atoms with Crippen LogP contribution in [0.5, 0.6) is 0 Å². The summed E-state index contributed by atoms with van der Waals surface area (Å²) in [4.78, 5) is 75.1. The van der Waals surface area contributed by atoms with Crippen LogP contribution in [0.15, 0.2) is 42.6 Å². The summed E-state index contributed by atoms with van der Waals surface area (Å²) in [5.41, 5.74) is 15.7. The molecule has 0 spiro atoms. The molecule has 0 aromatic heterocycles. The van der Waals surface area contributed by atoms with Crippen LogP contribution in [0.25, 0.3) is 0 Å². The van der Waals surface area contributed by atoms with Gasteiger partial charge in [-0.1, -0.05) is 105 Å². The van der Waals surface area contributed by atoms with E-state index in [0.29, 0.717) is 50.5 Å². The van der Waals surface area contributed by atoms with Crippen molar-refractivity contribution in [2.24, 2.45) is 45.3 Å². The van der Waals surface area contributed by atoms with E-state index < -0.39 is 35.2 Å². The van der Waals surface area contributed by atoms with Crippen LogP contribution in [-0.2, 0) is 35.3 Å². The third-order valence-corrected chi connectivity index (χ3v) is 10.3. The second-order valence-electron chi connectivity index (χ2n) is 18.4. The number of nitrogens with one attached hydrogen (secondary N) is 2. The lowest BCUT2D eigenvalue weighted by molar-refractivity contribution is -0.144. The third-order valence-electron chi connectivity index (χ3n) is 10.3. The normalized spacial score (nSPS) is 19.1. The molecule has 14 heteroatoms. The maximum atomic E-state index is 14.3. The van der Waals surface area contributed by atoms with Gasteiger partial charge in [-0.05, 0) is 66.0 Å². The van der Waals surface area contributed by atoms with Crippen molar-refractivity contribution in [3.8, 4) is 0 Å². The smallest absolute Gasteiger partial charge is 0.407 e. The summed E-state index contributed by atoms with van der Waals surface area (Å²) in [6, 6.07) is 8.76. The second-order valence-corrected chi connectivity index (χ2v) is 18.4. The number of primary amides is 2. The number of methoxy groups -OCH3 is 1. The minimum absolute atomic E-state index is 0.0201. The number of Topliss-reactive ketones (excluding diaryl/α,β-unsaturated/α-hetero) is 1. The quantitative estimate of drug-likeness (QED) is 0.147. The molecule has 0 bridgehead atoms. The molecular formula is C43H73N7O7. The SMILES string of the molecule is C=C(C)N.CC1(C)CCN(CC(NC(C(=O)N2CCCC2C(CC2CC2)C(=O)C(N)=O)C(C)(C)C)C(C)(C)C)C(=O)C1.COC(=O)NCc1ccccc1.NC=O. The first-order valence-electron chi connectivity index (χ1n) is 20.0. The zero-order valence-electron chi connectivity index (χ0n) is 36.3. The van der Waals surface area contributed by atoms with Crippen LogP contribution in [0.4, 0.5) is 4.79 Å². The fraction of sp³-hybridized carbons (Fsp3) is 0.674. The highest BCUT2D eigenvalue weighted by molar-refractivity contribution is 6.36. The first-order chi connectivity index (χ1) is 26.4. The fourth-order valence-corrected chi connectivity index (χ4v) is 6.88. The Labute approximate surface area is 341 Å². The van der Waals surface area contributed by atoms with Gasteiger partial charge in [0.2, 0.25) is 24.0 Å². The molecular weight excluding hydrogens is 727 g/mol. The number of amides is 5. The third kappa shape index (κ3) is 18.6. The number of ketones is 1. The van der Waals surface area contributed by atoms with Crippen molar-refractivity contribution in [3.05, 3.63) is 48.2 Å². The standard InChI is InChI=1S/C30H52N4O4.C9H11NO2.C3H7N.CH3NO/c1-28(2,3)22(18-33-15-13-30(7,8)17-23(33)35)32-25(29(4,5)6)27(38)34-14-9-10-21(34)20(16-19-11-12-19)24(36)26(31)37;1-12-9(11)10-7-8-5-3-2-4-6-8;1-3(2)4;2-1-3/h19-22,25,32H,9-18H2,1-8H3,(H2,31,37);2-6H,7H2,1H3,(H,10,11);1,4H2,2H3;1H,(H2,2,3). The number of benzene rings is 1. The molecule has 1 aromatic rings. The Morgan fingerprint density at radius 2 is 1.56 bits per heavy atom. The maximum absolute atomic E-state index is 14.3. The van der Waals surface area contributed by atoms with E-state index in [9.17, 15) is 24.0 Å². The highest BCUT2D eigenvalue weighted by Crippen LogP contribution is 2.40. The van der Waals surface area contributed by atoms with Crippen LogP contribution in [0, 0.1) is 28.1 Å². The van der Waals surface area contributed by atoms with E-state index in [1.807, 2.05) is 40.1 Å². The minimum atomic E-state index is -0.900. The van der Waals surface area contributed by atoms with Gasteiger partial charge in [0.1, 0.15) is 0 Å². The number of ether oxygens (including phenoxy) is 1. The van der Waals surface area contributed by atoms with Gasteiger partial charge in [-0.3, -0.25) is 24.0 Å². The Morgan fingerprint density at radius 3 is 2.02 bits per heavy atom. The summed E-state index contributed by atoms with van der Waals surface area (Å²) in [5, 5.41) is 6.29. The summed E-state index contributed by atoms with van der Waals surface area (Å²) >= 11 is 0. The average molecular weight is 800 g/mol. The molecule has 3 aliphatic rings. The molecule has 4 rings (SSSR count). The van der Waals surface area contributed by atoms with Gasteiger partial charge in [-0.15, -0.1) is 0 Å². The Kier molecular flexibility index (Phi) is 20.5. The van der Waals surface area contributed by atoms with Gasteiger partial charge in [-0.2, -0.15) is 0 Å². The summed E-state index contributed by atoms with van der Waals surface area (Å²) in [7, 11) is 1.35. The zero-order valence-corrected chi connectivity index (χ0v) is 36.3. The predicted octanol–water partition coefficient (Wildman–Crippen LogP) is 4.64. The lowest BCUT2D eigenvalue weighted by Crippen LogP contribution is -2.62. The van der Waals surface area contributed by atoms with Gasteiger partial charge in [0.15, 0.2) is 0 Å². The first kappa shape index (κ1) is 50.6. The lowest BCUT2D eigenvalue weighted by atomic mass is 9.79. The topological polar surface area (TPSA) is 220 Å². The summed E-state index contributed by atoms with van der Waals surface area (Å²) in [5.74, 6) is -1.39.